The highest BCUT2D eigenvalue weighted by Gasteiger charge is 2.30. The number of fused-ring (bicyclic) bond motifs is 1. The van der Waals surface area contributed by atoms with Gasteiger partial charge in [-0.3, -0.25) is 9.59 Å². The number of halogens is 1. The van der Waals surface area contributed by atoms with Crippen LogP contribution in [0.15, 0.2) is 18.2 Å². The summed E-state index contributed by atoms with van der Waals surface area (Å²) >= 11 is 6.01. The van der Waals surface area contributed by atoms with Gasteiger partial charge in [0.25, 0.3) is 5.91 Å². The van der Waals surface area contributed by atoms with E-state index >= 15 is 0 Å². The summed E-state index contributed by atoms with van der Waals surface area (Å²) in [4.78, 5) is 22.6. The number of nitrogens with one attached hydrogen (secondary N) is 1. The van der Waals surface area contributed by atoms with Gasteiger partial charge in [0.2, 0.25) is 0 Å². The van der Waals surface area contributed by atoms with Crippen molar-refractivity contribution >= 4 is 23.3 Å². The van der Waals surface area contributed by atoms with Gasteiger partial charge in [-0.1, -0.05) is 17.7 Å². The summed E-state index contributed by atoms with van der Waals surface area (Å²) in [6, 6.07) is 4.92. The van der Waals surface area contributed by atoms with Crippen LogP contribution >= 0.6 is 11.6 Å². The van der Waals surface area contributed by atoms with Gasteiger partial charge in [-0.2, -0.15) is 0 Å². The van der Waals surface area contributed by atoms with Crippen LogP contribution in [0.2, 0.25) is 5.02 Å². The predicted molar refractivity (Wildman–Crippen MR) is 57.0 cm³/mol. The molecule has 4 heteroatoms. The summed E-state index contributed by atoms with van der Waals surface area (Å²) < 4.78 is 0. The van der Waals surface area contributed by atoms with Gasteiger partial charge in [0, 0.05) is 22.6 Å². The minimum absolute atomic E-state index is 0.0352. The van der Waals surface area contributed by atoms with Crippen molar-refractivity contribution in [2.75, 3.05) is 0 Å². The molecule has 1 aliphatic heterocycles. The summed E-state index contributed by atoms with van der Waals surface area (Å²) in [7, 11) is 0. The maximum atomic E-state index is 11.5. The molecule has 1 atom stereocenters. The Hall–Kier alpha value is -1.35. The first-order valence-corrected chi connectivity index (χ1v) is 5.06. The van der Waals surface area contributed by atoms with Crippen molar-refractivity contribution in [3.63, 3.8) is 0 Å². The van der Waals surface area contributed by atoms with E-state index in [1.54, 1.807) is 18.2 Å². The highest BCUT2D eigenvalue weighted by Crippen LogP contribution is 2.33. The van der Waals surface area contributed by atoms with Crippen molar-refractivity contribution in [3.8, 4) is 0 Å². The van der Waals surface area contributed by atoms with E-state index in [2.05, 4.69) is 5.32 Å². The number of hydrogen-bond donors (Lipinski definition) is 1. The molecule has 78 valence electrons. The Kier molecular flexibility index (Phi) is 2.49. The maximum absolute atomic E-state index is 11.5. The van der Waals surface area contributed by atoms with Crippen molar-refractivity contribution in [2.45, 2.75) is 19.4 Å². The van der Waals surface area contributed by atoms with Crippen LogP contribution in [0.4, 0.5) is 0 Å². The molecule has 0 saturated carbocycles. The minimum Gasteiger partial charge on any atom is -0.345 e. The quantitative estimate of drug-likeness (QED) is 0.835. The molecule has 1 aromatic carbocycles. The monoisotopic (exact) mass is 223 g/mol. The summed E-state index contributed by atoms with van der Waals surface area (Å²) in [5.74, 6) is -0.119. The second kappa shape index (κ2) is 3.66. The second-order valence-corrected chi connectivity index (χ2v) is 4.04. The highest BCUT2D eigenvalue weighted by atomic mass is 35.5. The molecule has 0 saturated heterocycles. The van der Waals surface area contributed by atoms with Crippen molar-refractivity contribution in [1.29, 1.82) is 0 Å². The lowest BCUT2D eigenvalue weighted by Gasteiger charge is -2.10. The molecule has 0 spiro atoms. The average Bonchev–Trinajstić information content (AvgIpc) is 2.44. The van der Waals surface area contributed by atoms with Crippen molar-refractivity contribution < 1.29 is 9.59 Å². The van der Waals surface area contributed by atoms with E-state index in [4.69, 9.17) is 11.6 Å². The first kappa shape index (κ1) is 10.2. The van der Waals surface area contributed by atoms with Crippen LogP contribution in [0.25, 0.3) is 0 Å². The molecule has 0 aromatic heterocycles. The number of rotatable bonds is 2. The van der Waals surface area contributed by atoms with Crippen LogP contribution in [-0.4, -0.2) is 11.7 Å². The fraction of sp³-hybridized carbons (Fsp3) is 0.273. The Labute approximate surface area is 92.4 Å². The molecule has 1 amide bonds. The van der Waals surface area contributed by atoms with Crippen LogP contribution in [0, 0.1) is 0 Å². The molecular formula is C11H10ClNO2. The normalized spacial score (nSPS) is 18.5. The molecule has 1 unspecified atom stereocenters. The summed E-state index contributed by atoms with van der Waals surface area (Å²) in [6.07, 6.45) is 0.294. The van der Waals surface area contributed by atoms with Gasteiger partial charge in [0.1, 0.15) is 5.78 Å². The fourth-order valence-corrected chi connectivity index (χ4v) is 2.14. The molecule has 1 aromatic rings. The molecule has 0 aliphatic carbocycles. The number of hydrogen-bond acceptors (Lipinski definition) is 2. The number of amides is 1. The molecule has 0 radical (unpaired) electrons. The molecule has 0 bridgehead atoms. The van der Waals surface area contributed by atoms with Gasteiger partial charge in [-0.05, 0) is 19.1 Å². The first-order valence-electron chi connectivity index (χ1n) is 4.68. The van der Waals surface area contributed by atoms with E-state index in [1.165, 1.54) is 6.92 Å². The van der Waals surface area contributed by atoms with Crippen LogP contribution in [0.1, 0.15) is 35.3 Å². The van der Waals surface area contributed by atoms with Crippen molar-refractivity contribution in [1.82, 2.24) is 5.32 Å². The summed E-state index contributed by atoms with van der Waals surface area (Å²) in [6.45, 7) is 1.50. The van der Waals surface area contributed by atoms with Crippen molar-refractivity contribution in [2.24, 2.45) is 0 Å². The number of Topliss-reactive ketones (excluding diaryl/α,β-unsaturated/α-hetero) is 1. The molecule has 1 N–H and O–H groups in total. The zero-order valence-electron chi connectivity index (χ0n) is 8.21. The van der Waals surface area contributed by atoms with Crippen LogP contribution in [0.3, 0.4) is 0 Å². The minimum atomic E-state index is -0.265. The molecular weight excluding hydrogens is 214 g/mol. The van der Waals surface area contributed by atoms with Crippen LogP contribution in [-0.2, 0) is 4.79 Å². The van der Waals surface area contributed by atoms with Crippen LogP contribution < -0.4 is 5.32 Å². The summed E-state index contributed by atoms with van der Waals surface area (Å²) in [5.41, 5.74) is 1.33. The van der Waals surface area contributed by atoms with Gasteiger partial charge in [-0.15, -0.1) is 0 Å². The fourth-order valence-electron chi connectivity index (χ4n) is 1.84. The van der Waals surface area contributed by atoms with E-state index < -0.39 is 0 Å². The molecule has 1 heterocycles. The lowest BCUT2D eigenvalue weighted by molar-refractivity contribution is -0.117. The number of carbonyl (C=O) groups excluding carboxylic acids is 2. The summed E-state index contributed by atoms with van der Waals surface area (Å²) in [5, 5.41) is 3.29. The second-order valence-electron chi connectivity index (χ2n) is 3.63. The van der Waals surface area contributed by atoms with Gasteiger partial charge in [0.05, 0.1) is 6.04 Å². The average molecular weight is 224 g/mol. The highest BCUT2D eigenvalue weighted by molar-refractivity contribution is 6.32. The van der Waals surface area contributed by atoms with E-state index in [-0.39, 0.29) is 17.7 Å². The largest absolute Gasteiger partial charge is 0.345 e. The standard InChI is InChI=1S/C11H10ClNO2/c1-6(14)5-9-10-7(11(15)13-9)3-2-4-8(10)12/h2-4,9H,5H2,1H3,(H,13,15). The lowest BCUT2D eigenvalue weighted by atomic mass is 10.0. The zero-order chi connectivity index (χ0) is 11.0. The predicted octanol–water partition coefficient (Wildman–Crippen LogP) is 2.10. The molecule has 2 rings (SSSR count). The lowest BCUT2D eigenvalue weighted by Crippen LogP contribution is -2.20. The third-order valence-electron chi connectivity index (χ3n) is 2.44. The molecule has 0 fully saturated rings. The van der Waals surface area contributed by atoms with Gasteiger partial charge < -0.3 is 5.32 Å². The Morgan fingerprint density at radius 3 is 2.93 bits per heavy atom. The maximum Gasteiger partial charge on any atom is 0.252 e. The van der Waals surface area contributed by atoms with E-state index in [0.717, 1.165) is 5.56 Å². The molecule has 15 heavy (non-hydrogen) atoms. The topological polar surface area (TPSA) is 46.2 Å². The van der Waals surface area contributed by atoms with Gasteiger partial charge in [0.15, 0.2) is 0 Å². The van der Waals surface area contributed by atoms with Crippen molar-refractivity contribution in [3.05, 3.63) is 34.3 Å². The number of carbonyl (C=O) groups is 2. The van der Waals surface area contributed by atoms with Gasteiger partial charge >= 0.3 is 0 Å². The smallest absolute Gasteiger partial charge is 0.252 e. The van der Waals surface area contributed by atoms with Crippen LogP contribution in [0.5, 0.6) is 0 Å². The van der Waals surface area contributed by atoms with Gasteiger partial charge in [-0.25, -0.2) is 0 Å². The zero-order valence-corrected chi connectivity index (χ0v) is 8.97. The molecule has 1 aliphatic rings. The number of benzene rings is 1. The number of ketones is 1. The Morgan fingerprint density at radius 1 is 1.53 bits per heavy atom. The van der Waals surface area contributed by atoms with E-state index in [0.29, 0.717) is 17.0 Å². The molecule has 3 nitrogen and oxygen atoms in total. The first-order chi connectivity index (χ1) is 7.09. The Morgan fingerprint density at radius 2 is 2.27 bits per heavy atom. The third kappa shape index (κ3) is 1.75. The SMILES string of the molecule is CC(=O)CC1NC(=O)c2cccc(Cl)c21. The Bertz CT molecular complexity index is 440. The Balaban J connectivity index is 2.44. The van der Waals surface area contributed by atoms with E-state index in [1.807, 2.05) is 0 Å². The van der Waals surface area contributed by atoms with E-state index in [9.17, 15) is 9.59 Å². The third-order valence-corrected chi connectivity index (χ3v) is 2.77.